The number of benzene rings is 2. The molecule has 1 fully saturated rings. The number of aromatic hydroxyl groups is 1. The maximum Gasteiger partial charge on any atom is 0.238 e. The van der Waals surface area contributed by atoms with E-state index in [1.807, 2.05) is 18.2 Å². The van der Waals surface area contributed by atoms with Crippen LogP contribution in [0.3, 0.4) is 0 Å². The Kier molecular flexibility index (Phi) is 7.82. The highest BCUT2D eigenvalue weighted by atomic mass is 32.2. The molecular formula is C27H31N3O6S. The van der Waals surface area contributed by atoms with Crippen LogP contribution in [0.1, 0.15) is 41.9 Å². The number of amides is 1. The third-order valence-electron chi connectivity index (χ3n) is 6.83. The Morgan fingerprint density at radius 2 is 1.73 bits per heavy atom. The minimum atomic E-state index is -3.80. The zero-order valence-corrected chi connectivity index (χ0v) is 21.5. The van der Waals surface area contributed by atoms with E-state index in [1.54, 1.807) is 19.1 Å². The standard InChI is InChI=1S/C27H31N3O6S/c1-19-15-23(31)25(33)26(36-19)27(11-13-30(14-12-27)18-21-5-3-2-4-6-21)16-24(32)29-17-20-7-9-22(10-8-20)37(28,34)35/h2-10,15,33H,11-14,16-18H2,1H3,(H,29,32)(H2,28,34,35). The molecule has 0 aliphatic carbocycles. The van der Waals surface area contributed by atoms with E-state index in [4.69, 9.17) is 9.56 Å². The van der Waals surface area contributed by atoms with Gasteiger partial charge in [-0.25, -0.2) is 13.6 Å². The van der Waals surface area contributed by atoms with Crippen LogP contribution in [0.15, 0.2) is 74.8 Å². The van der Waals surface area contributed by atoms with Gasteiger partial charge in [-0.05, 0) is 56.1 Å². The Labute approximate surface area is 216 Å². The molecule has 1 aliphatic rings. The van der Waals surface area contributed by atoms with Gasteiger partial charge >= 0.3 is 0 Å². The molecule has 0 atom stereocenters. The highest BCUT2D eigenvalue weighted by Crippen LogP contribution is 2.42. The van der Waals surface area contributed by atoms with Crippen molar-refractivity contribution in [3.05, 3.63) is 93.5 Å². The van der Waals surface area contributed by atoms with Crippen molar-refractivity contribution < 1.29 is 22.7 Å². The second-order valence-electron chi connectivity index (χ2n) is 9.58. The summed E-state index contributed by atoms with van der Waals surface area (Å²) < 4.78 is 28.8. The summed E-state index contributed by atoms with van der Waals surface area (Å²) in [7, 11) is -3.80. The molecule has 9 nitrogen and oxygen atoms in total. The van der Waals surface area contributed by atoms with E-state index in [-0.39, 0.29) is 29.5 Å². The monoisotopic (exact) mass is 525 g/mol. The predicted molar refractivity (Wildman–Crippen MR) is 138 cm³/mol. The number of carbonyl (C=O) groups excluding carboxylic acids is 1. The average Bonchev–Trinajstić information content (AvgIpc) is 2.86. The maximum atomic E-state index is 13.1. The molecule has 4 N–H and O–H groups in total. The highest BCUT2D eigenvalue weighted by molar-refractivity contribution is 7.89. The predicted octanol–water partition coefficient (Wildman–Crippen LogP) is 2.54. The smallest absolute Gasteiger partial charge is 0.238 e. The van der Waals surface area contributed by atoms with E-state index >= 15 is 0 Å². The number of aryl methyl sites for hydroxylation is 1. The maximum absolute atomic E-state index is 13.1. The Balaban J connectivity index is 1.50. The fourth-order valence-corrected chi connectivity index (χ4v) is 5.31. The number of likely N-dealkylation sites (tertiary alicyclic amines) is 1. The minimum Gasteiger partial charge on any atom is -0.502 e. The van der Waals surface area contributed by atoms with E-state index in [1.165, 1.54) is 23.8 Å². The van der Waals surface area contributed by atoms with E-state index in [0.717, 1.165) is 6.54 Å². The number of rotatable bonds is 8. The zero-order chi connectivity index (χ0) is 26.6. The molecule has 0 saturated carbocycles. The zero-order valence-electron chi connectivity index (χ0n) is 20.6. The number of primary sulfonamides is 1. The van der Waals surface area contributed by atoms with Gasteiger partial charge in [0.2, 0.25) is 27.1 Å². The molecule has 0 unspecified atom stereocenters. The highest BCUT2D eigenvalue weighted by Gasteiger charge is 2.43. The fourth-order valence-electron chi connectivity index (χ4n) is 4.80. The van der Waals surface area contributed by atoms with Crippen LogP contribution < -0.4 is 15.9 Å². The van der Waals surface area contributed by atoms with Gasteiger partial charge in [-0.1, -0.05) is 42.5 Å². The summed E-state index contributed by atoms with van der Waals surface area (Å²) in [6.45, 7) is 3.92. The van der Waals surface area contributed by atoms with Gasteiger partial charge in [-0.2, -0.15) is 0 Å². The van der Waals surface area contributed by atoms with Gasteiger partial charge < -0.3 is 14.8 Å². The fraction of sp³-hybridized carbons (Fsp3) is 0.333. The molecule has 1 saturated heterocycles. The van der Waals surface area contributed by atoms with Crippen molar-refractivity contribution in [2.24, 2.45) is 5.14 Å². The Morgan fingerprint density at radius 1 is 1.08 bits per heavy atom. The lowest BCUT2D eigenvalue weighted by atomic mass is 9.72. The number of hydrogen-bond acceptors (Lipinski definition) is 7. The summed E-state index contributed by atoms with van der Waals surface area (Å²) in [6, 6.07) is 17.3. The molecule has 3 aromatic rings. The second kappa shape index (κ2) is 10.9. The number of hydrogen-bond donors (Lipinski definition) is 3. The second-order valence-corrected chi connectivity index (χ2v) is 11.1. The Bertz CT molecular complexity index is 1410. The molecule has 1 aromatic heterocycles. The van der Waals surface area contributed by atoms with Crippen LogP contribution in [0, 0.1) is 6.92 Å². The lowest BCUT2D eigenvalue weighted by Crippen LogP contribution is -2.45. The van der Waals surface area contributed by atoms with Crippen LogP contribution in [0.25, 0.3) is 0 Å². The van der Waals surface area contributed by atoms with E-state index in [2.05, 4.69) is 22.3 Å². The third-order valence-corrected chi connectivity index (χ3v) is 7.76. The summed E-state index contributed by atoms with van der Waals surface area (Å²) >= 11 is 0. The Morgan fingerprint density at radius 3 is 2.35 bits per heavy atom. The van der Waals surface area contributed by atoms with Crippen molar-refractivity contribution in [3.63, 3.8) is 0 Å². The van der Waals surface area contributed by atoms with Gasteiger partial charge in [0, 0.05) is 31.0 Å². The molecule has 4 rings (SSSR count). The normalized spacial score (nSPS) is 15.8. The first-order chi connectivity index (χ1) is 17.6. The van der Waals surface area contributed by atoms with Crippen LogP contribution >= 0.6 is 0 Å². The number of piperidine rings is 1. The topological polar surface area (TPSA) is 143 Å². The lowest BCUT2D eigenvalue weighted by molar-refractivity contribution is -0.123. The summed E-state index contributed by atoms with van der Waals surface area (Å²) in [6.07, 6.45) is 1.08. The van der Waals surface area contributed by atoms with Crippen LogP contribution in [0.2, 0.25) is 0 Å². The molecule has 10 heteroatoms. The largest absolute Gasteiger partial charge is 0.502 e. The van der Waals surface area contributed by atoms with Gasteiger partial charge in [0.1, 0.15) is 5.76 Å². The van der Waals surface area contributed by atoms with Crippen molar-refractivity contribution in [1.29, 1.82) is 0 Å². The molecule has 2 heterocycles. The summed E-state index contributed by atoms with van der Waals surface area (Å²) in [4.78, 5) is 27.7. The Hall–Kier alpha value is -3.47. The molecule has 2 aromatic carbocycles. The molecule has 1 aliphatic heterocycles. The summed E-state index contributed by atoms with van der Waals surface area (Å²) in [5.74, 6) is -0.187. The molecule has 0 radical (unpaired) electrons. The minimum absolute atomic E-state index is 0.00579. The van der Waals surface area contributed by atoms with E-state index < -0.39 is 26.6 Å². The molecule has 37 heavy (non-hydrogen) atoms. The SMILES string of the molecule is Cc1cc(=O)c(O)c(C2(CC(=O)NCc3ccc(S(N)(=O)=O)cc3)CCN(Cc3ccccc3)CC2)o1. The molecule has 1 amide bonds. The van der Waals surface area contributed by atoms with Crippen molar-refractivity contribution in [1.82, 2.24) is 10.2 Å². The van der Waals surface area contributed by atoms with Gasteiger partial charge in [0.05, 0.1) is 4.90 Å². The van der Waals surface area contributed by atoms with E-state index in [0.29, 0.717) is 37.3 Å². The number of nitrogens with zero attached hydrogens (tertiary/aromatic N) is 1. The van der Waals surface area contributed by atoms with Crippen molar-refractivity contribution >= 4 is 15.9 Å². The van der Waals surface area contributed by atoms with Gasteiger partial charge in [-0.3, -0.25) is 14.5 Å². The number of nitrogens with two attached hydrogens (primary N) is 1. The van der Waals surface area contributed by atoms with Crippen LogP contribution in [-0.2, 0) is 33.3 Å². The number of sulfonamides is 1. The lowest BCUT2D eigenvalue weighted by Gasteiger charge is -2.41. The first-order valence-electron chi connectivity index (χ1n) is 12.0. The molecular weight excluding hydrogens is 494 g/mol. The average molecular weight is 526 g/mol. The molecule has 196 valence electrons. The molecule has 0 spiro atoms. The van der Waals surface area contributed by atoms with Gasteiger partial charge in [0.15, 0.2) is 5.76 Å². The van der Waals surface area contributed by atoms with Crippen LogP contribution in [-0.4, -0.2) is 37.4 Å². The summed E-state index contributed by atoms with van der Waals surface area (Å²) in [5.41, 5.74) is 0.521. The quantitative estimate of drug-likeness (QED) is 0.410. The molecule has 0 bridgehead atoms. The van der Waals surface area contributed by atoms with Crippen molar-refractivity contribution in [2.45, 2.75) is 49.6 Å². The van der Waals surface area contributed by atoms with Gasteiger partial charge in [-0.15, -0.1) is 0 Å². The van der Waals surface area contributed by atoms with Crippen molar-refractivity contribution in [2.75, 3.05) is 13.1 Å². The first-order valence-corrected chi connectivity index (χ1v) is 13.6. The van der Waals surface area contributed by atoms with Crippen LogP contribution in [0.4, 0.5) is 0 Å². The first kappa shape index (κ1) is 26.6. The number of carbonyl (C=O) groups is 1. The number of nitrogens with one attached hydrogen (secondary N) is 1. The van der Waals surface area contributed by atoms with Crippen molar-refractivity contribution in [3.8, 4) is 5.75 Å². The van der Waals surface area contributed by atoms with Crippen LogP contribution in [0.5, 0.6) is 5.75 Å². The summed E-state index contributed by atoms with van der Waals surface area (Å²) in [5, 5.41) is 18.6. The van der Waals surface area contributed by atoms with Gasteiger partial charge in [0.25, 0.3) is 0 Å². The third kappa shape index (κ3) is 6.46. The van der Waals surface area contributed by atoms with E-state index in [9.17, 15) is 23.1 Å².